The number of aliphatic hydroxyl groups excluding tert-OH is 1. The first-order chi connectivity index (χ1) is 9.41. The Hall–Kier alpha value is -1.00. The Morgan fingerprint density at radius 3 is 2.30 bits per heavy atom. The summed E-state index contributed by atoms with van der Waals surface area (Å²) < 4.78 is 0. The third-order valence-corrected chi connectivity index (χ3v) is 4.26. The van der Waals surface area contributed by atoms with Gasteiger partial charge in [-0.3, -0.25) is 4.79 Å². The number of carbonyl (C=O) groups is 1. The van der Waals surface area contributed by atoms with E-state index in [1.807, 2.05) is 39.0 Å². The summed E-state index contributed by atoms with van der Waals surface area (Å²) in [5.41, 5.74) is 1.23. The summed E-state index contributed by atoms with van der Waals surface area (Å²) in [7, 11) is 0. The Kier molecular flexibility index (Phi) is 7.10. The second-order valence-corrected chi connectivity index (χ2v) is 6.70. The Morgan fingerprint density at radius 2 is 1.80 bits per heavy atom. The lowest BCUT2D eigenvalue weighted by molar-refractivity contribution is -0.133. The maximum Gasteiger partial charge on any atom is 0.235 e. The number of amides is 1. The van der Waals surface area contributed by atoms with E-state index in [0.29, 0.717) is 6.54 Å². The van der Waals surface area contributed by atoms with E-state index in [0.717, 1.165) is 5.75 Å². The molecule has 20 heavy (non-hydrogen) atoms. The molecule has 3 nitrogen and oxygen atoms in total. The maximum absolute atomic E-state index is 12.4. The van der Waals surface area contributed by atoms with E-state index in [1.54, 1.807) is 23.6 Å². The lowest BCUT2D eigenvalue weighted by Crippen LogP contribution is -2.44. The highest BCUT2D eigenvalue weighted by atomic mass is 32.2. The number of carbonyl (C=O) groups excluding carboxylic acids is 1. The van der Waals surface area contributed by atoms with Crippen LogP contribution in [-0.4, -0.2) is 39.9 Å². The van der Waals surface area contributed by atoms with E-state index in [-0.39, 0.29) is 17.2 Å². The highest BCUT2D eigenvalue weighted by Gasteiger charge is 2.24. The fourth-order valence-electron chi connectivity index (χ4n) is 1.94. The lowest BCUT2D eigenvalue weighted by atomic mass is 10.2. The SMILES string of the molecule is CC(O)CN(C(=O)C(C)SCc1ccccc1)C(C)C. The molecule has 0 fully saturated rings. The summed E-state index contributed by atoms with van der Waals surface area (Å²) in [6.45, 7) is 8.01. The number of hydrogen-bond acceptors (Lipinski definition) is 3. The van der Waals surface area contributed by atoms with Crippen LogP contribution >= 0.6 is 11.8 Å². The van der Waals surface area contributed by atoms with Crippen molar-refractivity contribution in [3.05, 3.63) is 35.9 Å². The van der Waals surface area contributed by atoms with Gasteiger partial charge in [0.05, 0.1) is 11.4 Å². The molecule has 2 unspecified atom stereocenters. The molecule has 4 heteroatoms. The fourth-order valence-corrected chi connectivity index (χ4v) is 2.85. The Labute approximate surface area is 126 Å². The number of thioether (sulfide) groups is 1. The van der Waals surface area contributed by atoms with Gasteiger partial charge in [0.25, 0.3) is 0 Å². The molecule has 0 spiro atoms. The predicted molar refractivity (Wildman–Crippen MR) is 85.7 cm³/mol. The van der Waals surface area contributed by atoms with E-state index < -0.39 is 6.10 Å². The smallest absolute Gasteiger partial charge is 0.235 e. The quantitative estimate of drug-likeness (QED) is 0.841. The Morgan fingerprint density at radius 1 is 1.20 bits per heavy atom. The van der Waals surface area contributed by atoms with Gasteiger partial charge in [-0.1, -0.05) is 30.3 Å². The first kappa shape index (κ1) is 17.1. The second-order valence-electron chi connectivity index (χ2n) is 5.37. The van der Waals surface area contributed by atoms with Crippen LogP contribution in [0.4, 0.5) is 0 Å². The van der Waals surface area contributed by atoms with Gasteiger partial charge in [-0.15, -0.1) is 11.8 Å². The van der Waals surface area contributed by atoms with Gasteiger partial charge in [0.1, 0.15) is 0 Å². The molecule has 0 heterocycles. The van der Waals surface area contributed by atoms with Crippen molar-refractivity contribution >= 4 is 17.7 Å². The molecule has 2 atom stereocenters. The largest absolute Gasteiger partial charge is 0.392 e. The number of rotatable bonds is 7. The monoisotopic (exact) mass is 295 g/mol. The van der Waals surface area contributed by atoms with Gasteiger partial charge >= 0.3 is 0 Å². The molecule has 0 radical (unpaired) electrons. The lowest BCUT2D eigenvalue weighted by Gasteiger charge is -2.30. The second kappa shape index (κ2) is 8.32. The van der Waals surface area contributed by atoms with Crippen molar-refractivity contribution < 1.29 is 9.90 Å². The molecule has 0 saturated carbocycles. The van der Waals surface area contributed by atoms with Crippen molar-refractivity contribution in [3.63, 3.8) is 0 Å². The molecule has 0 aliphatic carbocycles. The van der Waals surface area contributed by atoms with Crippen molar-refractivity contribution in [2.75, 3.05) is 6.54 Å². The zero-order valence-corrected chi connectivity index (χ0v) is 13.6. The molecular weight excluding hydrogens is 270 g/mol. The van der Waals surface area contributed by atoms with Crippen LogP contribution in [0.3, 0.4) is 0 Å². The highest BCUT2D eigenvalue weighted by molar-refractivity contribution is 7.99. The van der Waals surface area contributed by atoms with E-state index in [2.05, 4.69) is 12.1 Å². The topological polar surface area (TPSA) is 40.5 Å². The molecule has 0 aliphatic heterocycles. The van der Waals surface area contributed by atoms with E-state index in [1.165, 1.54) is 5.56 Å². The number of nitrogens with zero attached hydrogens (tertiary/aromatic N) is 1. The minimum Gasteiger partial charge on any atom is -0.392 e. The zero-order valence-electron chi connectivity index (χ0n) is 12.7. The third kappa shape index (κ3) is 5.55. The van der Waals surface area contributed by atoms with Gasteiger partial charge in [-0.2, -0.15) is 0 Å². The van der Waals surface area contributed by atoms with Crippen LogP contribution < -0.4 is 0 Å². The fraction of sp³-hybridized carbons (Fsp3) is 0.562. The predicted octanol–water partition coefficient (Wildman–Crippen LogP) is 2.93. The van der Waals surface area contributed by atoms with Crippen LogP contribution in [0.1, 0.15) is 33.3 Å². The van der Waals surface area contributed by atoms with E-state index in [9.17, 15) is 9.90 Å². The summed E-state index contributed by atoms with van der Waals surface area (Å²) in [5.74, 6) is 0.927. The van der Waals surface area contributed by atoms with Gasteiger partial charge in [0.2, 0.25) is 5.91 Å². The van der Waals surface area contributed by atoms with Gasteiger partial charge in [-0.05, 0) is 33.3 Å². The van der Waals surface area contributed by atoms with Crippen molar-refractivity contribution in [2.24, 2.45) is 0 Å². The summed E-state index contributed by atoms with van der Waals surface area (Å²) in [5, 5.41) is 9.41. The molecule has 1 N–H and O–H groups in total. The van der Waals surface area contributed by atoms with Gasteiger partial charge in [-0.25, -0.2) is 0 Å². The van der Waals surface area contributed by atoms with Gasteiger partial charge < -0.3 is 10.0 Å². The average molecular weight is 295 g/mol. The van der Waals surface area contributed by atoms with Crippen LogP contribution in [-0.2, 0) is 10.5 Å². The molecule has 1 amide bonds. The Balaban J connectivity index is 2.56. The standard InChI is InChI=1S/C16H25NO2S/c1-12(2)17(10-13(3)18)16(19)14(4)20-11-15-8-6-5-7-9-15/h5-9,12-14,18H,10-11H2,1-4H3. The molecule has 0 bridgehead atoms. The van der Waals surface area contributed by atoms with Gasteiger partial charge in [0, 0.05) is 18.3 Å². The van der Waals surface area contributed by atoms with Crippen LogP contribution in [0.15, 0.2) is 30.3 Å². The van der Waals surface area contributed by atoms with Crippen LogP contribution in [0.25, 0.3) is 0 Å². The summed E-state index contributed by atoms with van der Waals surface area (Å²) >= 11 is 1.64. The molecule has 1 aromatic carbocycles. The van der Waals surface area contributed by atoms with Crippen LogP contribution in [0, 0.1) is 0 Å². The molecule has 0 aromatic heterocycles. The van der Waals surface area contributed by atoms with E-state index in [4.69, 9.17) is 0 Å². The molecule has 112 valence electrons. The summed E-state index contributed by atoms with van der Waals surface area (Å²) in [4.78, 5) is 14.2. The summed E-state index contributed by atoms with van der Waals surface area (Å²) in [6.07, 6.45) is -0.493. The van der Waals surface area contributed by atoms with Crippen molar-refractivity contribution in [1.82, 2.24) is 4.90 Å². The zero-order chi connectivity index (χ0) is 15.1. The molecule has 1 aromatic rings. The number of benzene rings is 1. The van der Waals surface area contributed by atoms with Gasteiger partial charge in [0.15, 0.2) is 0 Å². The minimum atomic E-state index is -0.493. The van der Waals surface area contributed by atoms with Crippen LogP contribution in [0.2, 0.25) is 0 Å². The molecule has 0 aliphatic rings. The number of hydrogen-bond donors (Lipinski definition) is 1. The first-order valence-corrected chi connectivity index (χ1v) is 8.10. The minimum absolute atomic E-state index is 0.0989. The highest BCUT2D eigenvalue weighted by Crippen LogP contribution is 2.20. The summed E-state index contributed by atoms with van der Waals surface area (Å²) in [6, 6.07) is 10.3. The van der Waals surface area contributed by atoms with Crippen molar-refractivity contribution in [2.45, 2.75) is 50.8 Å². The van der Waals surface area contributed by atoms with Crippen molar-refractivity contribution in [3.8, 4) is 0 Å². The maximum atomic E-state index is 12.4. The van der Waals surface area contributed by atoms with E-state index >= 15 is 0 Å². The molecule has 1 rings (SSSR count). The average Bonchev–Trinajstić information content (AvgIpc) is 2.42. The third-order valence-electron chi connectivity index (χ3n) is 3.06. The molecular formula is C16H25NO2S. The Bertz CT molecular complexity index is 406. The molecule has 0 saturated heterocycles. The van der Waals surface area contributed by atoms with Crippen molar-refractivity contribution in [1.29, 1.82) is 0 Å². The first-order valence-electron chi connectivity index (χ1n) is 7.06. The van der Waals surface area contributed by atoms with Crippen LogP contribution in [0.5, 0.6) is 0 Å². The normalized spacial score (nSPS) is 14.1. The number of aliphatic hydroxyl groups is 1.